The van der Waals surface area contributed by atoms with Crippen molar-refractivity contribution in [3.63, 3.8) is 0 Å². The second-order valence-electron chi connectivity index (χ2n) is 13.5. The van der Waals surface area contributed by atoms with Crippen LogP contribution in [0, 0.1) is 0 Å². The fourth-order valence-corrected chi connectivity index (χ4v) is 9.42. The number of rotatable bonds is 3. The van der Waals surface area contributed by atoms with Crippen LogP contribution in [0.1, 0.15) is 57.6 Å². The number of hydrogen-bond donors (Lipinski definition) is 1. The van der Waals surface area contributed by atoms with Crippen LogP contribution in [0.3, 0.4) is 0 Å². The van der Waals surface area contributed by atoms with Crippen molar-refractivity contribution in [3.8, 4) is 11.1 Å². The SMILES string of the molecule is C1=C(c2cccc3c2-c2ccccc2C3(c2ccccc2)c2ccccc2)CC2C3=Nc4ccccc4NC3n3c2c1c1ccccc13. The number of fused-ring (bicyclic) bond motifs is 10. The summed E-state index contributed by atoms with van der Waals surface area (Å²) in [5.41, 5.74) is 17.6. The van der Waals surface area contributed by atoms with Crippen molar-refractivity contribution in [3.05, 3.63) is 191 Å². The minimum absolute atomic E-state index is 0.0114. The van der Waals surface area contributed by atoms with Crippen molar-refractivity contribution in [2.75, 3.05) is 5.32 Å². The van der Waals surface area contributed by atoms with E-state index in [0.29, 0.717) is 0 Å². The highest BCUT2D eigenvalue weighted by Crippen LogP contribution is 2.59. The highest BCUT2D eigenvalue weighted by molar-refractivity contribution is 6.12. The van der Waals surface area contributed by atoms with Crippen LogP contribution in [-0.2, 0) is 5.41 Å². The summed E-state index contributed by atoms with van der Waals surface area (Å²) in [6, 6.07) is 55.6. The zero-order valence-corrected chi connectivity index (χ0v) is 26.3. The van der Waals surface area contributed by atoms with Gasteiger partial charge in [0.2, 0.25) is 0 Å². The number of hydrogen-bond acceptors (Lipinski definition) is 2. The molecule has 2 unspecified atom stereocenters. The van der Waals surface area contributed by atoms with E-state index in [-0.39, 0.29) is 12.1 Å². The molecule has 0 amide bonds. The molecular weight excluding hydrogens is 583 g/mol. The second-order valence-corrected chi connectivity index (χ2v) is 13.5. The first-order valence-electron chi connectivity index (χ1n) is 16.9. The third-order valence-corrected chi connectivity index (χ3v) is 11.2. The molecule has 3 heterocycles. The Hall–Kier alpha value is -5.93. The molecule has 3 nitrogen and oxygen atoms in total. The van der Waals surface area contributed by atoms with Gasteiger partial charge >= 0.3 is 0 Å². The molecule has 0 saturated heterocycles. The molecule has 7 aromatic rings. The topological polar surface area (TPSA) is 29.3 Å². The number of benzene rings is 6. The van der Waals surface area contributed by atoms with Gasteiger partial charge in [-0.25, -0.2) is 0 Å². The lowest BCUT2D eigenvalue weighted by Gasteiger charge is -2.34. The standard InChI is InChI=1S/C45H31N3/c1-3-14-29(15-4-1)45(30-16-5-2-6-17-30)36-21-9-7-19-33(36)41-31(20-13-22-37(41)45)28-26-34-32-18-8-12-25-40(32)48-43(34)35(27-28)42-44(48)47-39-24-11-10-23-38(39)46-42/h1-26,35,44,47H,27H2. The van der Waals surface area contributed by atoms with Crippen LogP contribution in [0.15, 0.2) is 157 Å². The Labute approximate surface area is 279 Å². The van der Waals surface area contributed by atoms with Gasteiger partial charge in [0.25, 0.3) is 0 Å². The number of allylic oxidation sites excluding steroid dienone is 1. The molecule has 2 aliphatic carbocycles. The number of nitrogens with one attached hydrogen (secondary N) is 1. The van der Waals surface area contributed by atoms with Crippen molar-refractivity contribution >= 4 is 39.6 Å². The first kappa shape index (κ1) is 26.2. The van der Waals surface area contributed by atoms with Crippen LogP contribution in [0.4, 0.5) is 11.4 Å². The summed E-state index contributed by atoms with van der Waals surface area (Å²) < 4.78 is 2.53. The fourth-order valence-electron chi connectivity index (χ4n) is 9.42. The Balaban J connectivity index is 1.18. The van der Waals surface area contributed by atoms with E-state index in [4.69, 9.17) is 4.99 Å². The lowest BCUT2D eigenvalue weighted by atomic mass is 9.67. The normalized spacial score (nSPS) is 18.9. The van der Waals surface area contributed by atoms with E-state index in [1.807, 2.05) is 0 Å². The molecule has 1 N–H and O–H groups in total. The molecule has 1 aromatic heterocycles. The number of nitrogens with zero attached hydrogens (tertiary/aromatic N) is 2. The zero-order valence-electron chi connectivity index (χ0n) is 26.3. The minimum Gasteiger partial charge on any atom is -0.358 e. The fraction of sp³-hybridized carbons (Fsp3) is 0.0889. The largest absolute Gasteiger partial charge is 0.358 e. The summed E-state index contributed by atoms with van der Waals surface area (Å²) in [5.74, 6) is 0.193. The molecule has 0 fully saturated rings. The lowest BCUT2D eigenvalue weighted by molar-refractivity contribution is 0.748. The van der Waals surface area contributed by atoms with Gasteiger partial charge in [0.05, 0.1) is 28.0 Å². The van der Waals surface area contributed by atoms with Crippen molar-refractivity contribution in [1.29, 1.82) is 0 Å². The van der Waals surface area contributed by atoms with Crippen LogP contribution in [0.25, 0.3) is 33.7 Å². The van der Waals surface area contributed by atoms with E-state index >= 15 is 0 Å². The Bertz CT molecular complexity index is 2480. The Morgan fingerprint density at radius 3 is 2.12 bits per heavy atom. The van der Waals surface area contributed by atoms with Gasteiger partial charge in [-0.05, 0) is 75.2 Å². The maximum atomic E-state index is 5.37. The van der Waals surface area contributed by atoms with E-state index in [1.54, 1.807) is 0 Å². The average molecular weight is 614 g/mol. The molecule has 2 aliphatic heterocycles. The van der Waals surface area contributed by atoms with Gasteiger partial charge in [-0.3, -0.25) is 4.99 Å². The van der Waals surface area contributed by atoms with E-state index in [0.717, 1.165) is 17.8 Å². The van der Waals surface area contributed by atoms with Gasteiger partial charge in [-0.2, -0.15) is 0 Å². The molecule has 0 radical (unpaired) electrons. The van der Waals surface area contributed by atoms with Crippen LogP contribution in [0.2, 0.25) is 0 Å². The van der Waals surface area contributed by atoms with E-state index < -0.39 is 5.41 Å². The summed E-state index contributed by atoms with van der Waals surface area (Å²) in [6.07, 6.45) is 3.42. The van der Waals surface area contributed by atoms with Gasteiger partial charge in [-0.1, -0.05) is 133 Å². The molecule has 0 saturated carbocycles. The summed E-state index contributed by atoms with van der Waals surface area (Å²) >= 11 is 0. The van der Waals surface area contributed by atoms with Gasteiger partial charge in [0, 0.05) is 22.6 Å². The third kappa shape index (κ3) is 3.26. The van der Waals surface area contributed by atoms with Crippen molar-refractivity contribution in [1.82, 2.24) is 4.57 Å². The highest BCUT2D eigenvalue weighted by Gasteiger charge is 2.48. The van der Waals surface area contributed by atoms with Crippen molar-refractivity contribution < 1.29 is 0 Å². The number of para-hydroxylation sites is 3. The first-order valence-corrected chi connectivity index (χ1v) is 16.9. The lowest BCUT2D eigenvalue weighted by Crippen LogP contribution is -2.28. The molecule has 48 heavy (non-hydrogen) atoms. The average Bonchev–Trinajstić information content (AvgIpc) is 3.77. The molecule has 3 heteroatoms. The third-order valence-electron chi connectivity index (χ3n) is 11.2. The molecule has 11 rings (SSSR count). The molecule has 226 valence electrons. The summed E-state index contributed by atoms with van der Waals surface area (Å²) in [5, 5.41) is 5.19. The molecule has 4 aliphatic rings. The monoisotopic (exact) mass is 613 g/mol. The molecule has 2 atom stereocenters. The summed E-state index contributed by atoms with van der Waals surface area (Å²) in [7, 11) is 0. The summed E-state index contributed by atoms with van der Waals surface area (Å²) in [4.78, 5) is 5.37. The van der Waals surface area contributed by atoms with Crippen LogP contribution >= 0.6 is 0 Å². The van der Waals surface area contributed by atoms with Crippen molar-refractivity contribution in [2.45, 2.75) is 23.9 Å². The predicted molar refractivity (Wildman–Crippen MR) is 197 cm³/mol. The number of aliphatic imine (C=N–C) groups is 1. The Morgan fingerprint density at radius 1 is 0.625 bits per heavy atom. The van der Waals surface area contributed by atoms with Gasteiger partial charge in [0.15, 0.2) is 0 Å². The number of aromatic nitrogens is 1. The van der Waals surface area contributed by atoms with Gasteiger partial charge in [-0.15, -0.1) is 0 Å². The maximum Gasteiger partial charge on any atom is 0.144 e. The van der Waals surface area contributed by atoms with Crippen LogP contribution < -0.4 is 5.32 Å². The smallest absolute Gasteiger partial charge is 0.144 e. The highest BCUT2D eigenvalue weighted by atomic mass is 15.2. The Kier molecular flexibility index (Phi) is 5.21. The van der Waals surface area contributed by atoms with Gasteiger partial charge in [0.1, 0.15) is 6.17 Å². The second kappa shape index (κ2) is 9.56. The molecule has 6 aromatic carbocycles. The first-order chi connectivity index (χ1) is 23.8. The molecular formula is C45H31N3. The predicted octanol–water partition coefficient (Wildman–Crippen LogP) is 10.7. The molecule has 0 spiro atoms. The Morgan fingerprint density at radius 2 is 1.29 bits per heavy atom. The maximum absolute atomic E-state index is 5.37. The molecule has 0 bridgehead atoms. The van der Waals surface area contributed by atoms with Gasteiger partial charge < -0.3 is 9.88 Å². The summed E-state index contributed by atoms with van der Waals surface area (Å²) in [6.45, 7) is 0. The van der Waals surface area contributed by atoms with E-state index in [1.165, 1.54) is 72.4 Å². The quantitative estimate of drug-likeness (QED) is 0.211. The van der Waals surface area contributed by atoms with E-state index in [2.05, 4.69) is 168 Å². The minimum atomic E-state index is -0.416. The number of anilines is 1. The van der Waals surface area contributed by atoms with Crippen LogP contribution in [-0.4, -0.2) is 10.3 Å². The van der Waals surface area contributed by atoms with Crippen LogP contribution in [0.5, 0.6) is 0 Å². The van der Waals surface area contributed by atoms with Crippen molar-refractivity contribution in [2.24, 2.45) is 4.99 Å². The zero-order chi connectivity index (χ0) is 31.4. The van der Waals surface area contributed by atoms with E-state index in [9.17, 15) is 0 Å².